The predicted octanol–water partition coefficient (Wildman–Crippen LogP) is 3.96. The largest absolute Gasteiger partial charge is 0.489 e. The summed E-state index contributed by atoms with van der Waals surface area (Å²) in [6.45, 7) is 9.64. The van der Waals surface area contributed by atoms with E-state index < -0.39 is 0 Å². The third kappa shape index (κ3) is 3.72. The Hall–Kier alpha value is -1.09. The SMILES string of the molecule is CCNC(c1cncc(OC(C)C)c1)C1CCCC1C. The van der Waals surface area contributed by atoms with Gasteiger partial charge in [0.1, 0.15) is 5.75 Å². The molecule has 0 aromatic carbocycles. The van der Waals surface area contributed by atoms with Gasteiger partial charge in [-0.3, -0.25) is 4.98 Å². The fourth-order valence-corrected chi connectivity index (χ4v) is 3.35. The number of nitrogens with zero attached hydrogens (tertiary/aromatic N) is 1. The van der Waals surface area contributed by atoms with Gasteiger partial charge in [-0.25, -0.2) is 0 Å². The van der Waals surface area contributed by atoms with Gasteiger partial charge in [-0.05, 0) is 50.3 Å². The maximum absolute atomic E-state index is 5.78. The molecule has 2 rings (SSSR count). The molecule has 3 nitrogen and oxygen atoms in total. The summed E-state index contributed by atoms with van der Waals surface area (Å²) >= 11 is 0. The molecule has 0 radical (unpaired) electrons. The van der Waals surface area contributed by atoms with E-state index in [0.717, 1.165) is 18.2 Å². The van der Waals surface area contributed by atoms with Gasteiger partial charge in [0.25, 0.3) is 0 Å². The lowest BCUT2D eigenvalue weighted by Gasteiger charge is -2.28. The van der Waals surface area contributed by atoms with E-state index in [1.807, 2.05) is 26.2 Å². The minimum absolute atomic E-state index is 0.190. The first-order valence-corrected chi connectivity index (χ1v) is 7.96. The van der Waals surface area contributed by atoms with Crippen LogP contribution in [0, 0.1) is 11.8 Å². The number of hydrogen-bond acceptors (Lipinski definition) is 3. The van der Waals surface area contributed by atoms with E-state index in [2.05, 4.69) is 30.2 Å². The van der Waals surface area contributed by atoms with Gasteiger partial charge in [-0.2, -0.15) is 0 Å². The zero-order valence-corrected chi connectivity index (χ0v) is 13.2. The van der Waals surface area contributed by atoms with E-state index in [4.69, 9.17) is 4.74 Å². The Balaban J connectivity index is 2.20. The maximum atomic E-state index is 5.78. The van der Waals surface area contributed by atoms with Gasteiger partial charge in [0.15, 0.2) is 0 Å². The summed E-state index contributed by atoms with van der Waals surface area (Å²) in [5.74, 6) is 2.38. The van der Waals surface area contributed by atoms with E-state index in [9.17, 15) is 0 Å². The number of aromatic nitrogens is 1. The molecule has 1 fully saturated rings. The molecule has 3 unspecified atom stereocenters. The first-order chi connectivity index (χ1) is 9.61. The highest BCUT2D eigenvalue weighted by atomic mass is 16.5. The van der Waals surface area contributed by atoms with Crippen molar-refractivity contribution in [2.24, 2.45) is 11.8 Å². The summed E-state index contributed by atoms with van der Waals surface area (Å²) in [7, 11) is 0. The first kappa shape index (κ1) is 15.3. The average molecular weight is 276 g/mol. The summed E-state index contributed by atoms with van der Waals surface area (Å²) in [5.41, 5.74) is 1.27. The number of nitrogens with one attached hydrogen (secondary N) is 1. The second kappa shape index (κ2) is 7.07. The van der Waals surface area contributed by atoms with Crippen LogP contribution in [0.4, 0.5) is 0 Å². The van der Waals surface area contributed by atoms with Crippen molar-refractivity contribution in [3.63, 3.8) is 0 Å². The van der Waals surface area contributed by atoms with E-state index in [1.54, 1.807) is 0 Å². The van der Waals surface area contributed by atoms with Crippen LogP contribution in [0.1, 0.15) is 58.6 Å². The van der Waals surface area contributed by atoms with E-state index in [1.165, 1.54) is 24.8 Å². The number of rotatable bonds is 6. The molecule has 1 saturated carbocycles. The van der Waals surface area contributed by atoms with Crippen LogP contribution in [0.15, 0.2) is 18.5 Å². The lowest BCUT2D eigenvalue weighted by Crippen LogP contribution is -2.29. The summed E-state index contributed by atoms with van der Waals surface area (Å²) in [4.78, 5) is 4.37. The molecule has 3 atom stereocenters. The lowest BCUT2D eigenvalue weighted by molar-refractivity contribution is 0.240. The highest BCUT2D eigenvalue weighted by Gasteiger charge is 2.31. The standard InChI is InChI=1S/C17H28N2O/c1-5-19-17(16-8-6-7-13(16)4)14-9-15(11-18-10-14)20-12(2)3/h9-13,16-17,19H,5-8H2,1-4H3. The van der Waals surface area contributed by atoms with Crippen molar-refractivity contribution in [2.75, 3.05) is 6.54 Å². The fourth-order valence-electron chi connectivity index (χ4n) is 3.35. The van der Waals surface area contributed by atoms with Crippen LogP contribution in [-0.2, 0) is 0 Å². The molecule has 3 heteroatoms. The van der Waals surface area contributed by atoms with Crippen molar-refractivity contribution in [3.8, 4) is 5.75 Å². The fraction of sp³-hybridized carbons (Fsp3) is 0.706. The second-order valence-corrected chi connectivity index (χ2v) is 6.23. The Kier molecular flexibility index (Phi) is 5.41. The first-order valence-electron chi connectivity index (χ1n) is 7.96. The Morgan fingerprint density at radius 3 is 2.75 bits per heavy atom. The molecule has 1 aliphatic carbocycles. The molecule has 1 aromatic rings. The molecule has 0 saturated heterocycles. The molecular formula is C17H28N2O. The lowest BCUT2D eigenvalue weighted by atomic mass is 9.86. The van der Waals surface area contributed by atoms with Gasteiger partial charge in [-0.1, -0.05) is 26.7 Å². The Labute approximate surface area is 123 Å². The minimum atomic E-state index is 0.190. The van der Waals surface area contributed by atoms with Crippen molar-refractivity contribution in [1.29, 1.82) is 0 Å². The molecular weight excluding hydrogens is 248 g/mol. The summed E-state index contributed by atoms with van der Waals surface area (Å²) in [5, 5.41) is 3.66. The molecule has 1 heterocycles. The zero-order chi connectivity index (χ0) is 14.5. The van der Waals surface area contributed by atoms with Crippen LogP contribution in [-0.4, -0.2) is 17.6 Å². The van der Waals surface area contributed by atoms with Crippen LogP contribution < -0.4 is 10.1 Å². The average Bonchev–Trinajstić information content (AvgIpc) is 2.81. The molecule has 0 bridgehead atoms. The van der Waals surface area contributed by atoms with Gasteiger partial charge in [0.05, 0.1) is 12.3 Å². The molecule has 20 heavy (non-hydrogen) atoms. The highest BCUT2D eigenvalue weighted by Crippen LogP contribution is 2.40. The van der Waals surface area contributed by atoms with E-state index in [0.29, 0.717) is 12.0 Å². The van der Waals surface area contributed by atoms with Gasteiger partial charge in [-0.15, -0.1) is 0 Å². The summed E-state index contributed by atoms with van der Waals surface area (Å²) < 4.78 is 5.78. The smallest absolute Gasteiger partial charge is 0.138 e. The number of ether oxygens (including phenoxy) is 1. The molecule has 112 valence electrons. The van der Waals surface area contributed by atoms with Crippen LogP contribution >= 0.6 is 0 Å². The van der Waals surface area contributed by atoms with Gasteiger partial charge in [0.2, 0.25) is 0 Å². The number of pyridine rings is 1. The molecule has 0 amide bonds. The van der Waals surface area contributed by atoms with E-state index >= 15 is 0 Å². The van der Waals surface area contributed by atoms with Crippen molar-refractivity contribution >= 4 is 0 Å². The molecule has 0 spiro atoms. The molecule has 1 aliphatic rings. The zero-order valence-electron chi connectivity index (χ0n) is 13.2. The van der Waals surface area contributed by atoms with Gasteiger partial charge in [0, 0.05) is 12.2 Å². The van der Waals surface area contributed by atoms with Crippen molar-refractivity contribution in [2.45, 2.75) is 59.1 Å². The van der Waals surface area contributed by atoms with Crippen molar-refractivity contribution in [3.05, 3.63) is 24.0 Å². The third-order valence-corrected chi connectivity index (χ3v) is 4.25. The summed E-state index contributed by atoms with van der Waals surface area (Å²) in [6, 6.07) is 2.56. The quantitative estimate of drug-likeness (QED) is 0.854. The van der Waals surface area contributed by atoms with Crippen LogP contribution in [0.25, 0.3) is 0 Å². The van der Waals surface area contributed by atoms with E-state index in [-0.39, 0.29) is 6.10 Å². The van der Waals surface area contributed by atoms with Crippen LogP contribution in [0.3, 0.4) is 0 Å². The van der Waals surface area contributed by atoms with Gasteiger partial charge < -0.3 is 10.1 Å². The second-order valence-electron chi connectivity index (χ2n) is 6.23. The van der Waals surface area contributed by atoms with Gasteiger partial charge >= 0.3 is 0 Å². The summed E-state index contributed by atoms with van der Waals surface area (Å²) in [6.07, 6.45) is 8.01. The molecule has 0 aliphatic heterocycles. The van der Waals surface area contributed by atoms with Crippen LogP contribution in [0.5, 0.6) is 5.75 Å². The Morgan fingerprint density at radius 1 is 1.35 bits per heavy atom. The third-order valence-electron chi connectivity index (χ3n) is 4.25. The predicted molar refractivity (Wildman–Crippen MR) is 82.9 cm³/mol. The Morgan fingerprint density at radius 2 is 2.15 bits per heavy atom. The monoisotopic (exact) mass is 276 g/mol. The molecule has 1 N–H and O–H groups in total. The van der Waals surface area contributed by atoms with Crippen molar-refractivity contribution in [1.82, 2.24) is 10.3 Å². The highest BCUT2D eigenvalue weighted by molar-refractivity contribution is 5.27. The normalized spacial score (nSPS) is 24.1. The topological polar surface area (TPSA) is 34.2 Å². The number of hydrogen-bond donors (Lipinski definition) is 1. The minimum Gasteiger partial charge on any atom is -0.489 e. The maximum Gasteiger partial charge on any atom is 0.138 e. The van der Waals surface area contributed by atoms with Crippen LogP contribution in [0.2, 0.25) is 0 Å². The molecule has 1 aromatic heterocycles. The van der Waals surface area contributed by atoms with Crippen molar-refractivity contribution < 1.29 is 4.74 Å². The Bertz CT molecular complexity index is 419.